The molecule has 0 heterocycles. The number of aliphatic hydroxyl groups is 2. The van der Waals surface area contributed by atoms with Crippen LogP contribution in [0.15, 0.2) is 12.2 Å². The molecule has 0 radical (unpaired) electrons. The molecule has 3 N–H and O–H groups in total. The van der Waals surface area contributed by atoms with E-state index in [-0.39, 0.29) is 19.4 Å². The fourth-order valence-electron chi connectivity index (χ4n) is 6.75. The maximum Gasteiger partial charge on any atom is 0.472 e. The number of aliphatic hydroxyl groups excluding tert-OH is 2. The van der Waals surface area contributed by atoms with Crippen LogP contribution in [-0.4, -0.2) is 65.7 Å². The zero-order valence-electron chi connectivity index (χ0n) is 36.8. The molecular formula is C46H89O10P. The van der Waals surface area contributed by atoms with Gasteiger partial charge in [-0.25, -0.2) is 4.57 Å². The molecule has 0 aromatic carbocycles. The highest BCUT2D eigenvalue weighted by Gasteiger charge is 2.27. The molecule has 0 aliphatic carbocycles. The Bertz CT molecular complexity index is 961. The molecule has 10 nitrogen and oxygen atoms in total. The molecule has 0 spiro atoms. The van der Waals surface area contributed by atoms with E-state index in [1.807, 2.05) is 0 Å². The van der Waals surface area contributed by atoms with Crippen molar-refractivity contribution in [2.75, 3.05) is 26.4 Å². The lowest BCUT2D eigenvalue weighted by Gasteiger charge is -2.20. The number of hydrogen-bond acceptors (Lipinski definition) is 9. The Morgan fingerprint density at radius 1 is 0.509 bits per heavy atom. The van der Waals surface area contributed by atoms with E-state index in [0.717, 1.165) is 44.9 Å². The summed E-state index contributed by atoms with van der Waals surface area (Å²) in [4.78, 5) is 35.1. The van der Waals surface area contributed by atoms with Gasteiger partial charge < -0.3 is 24.6 Å². The Morgan fingerprint density at radius 2 is 0.860 bits per heavy atom. The van der Waals surface area contributed by atoms with Crippen LogP contribution in [0.3, 0.4) is 0 Å². The summed E-state index contributed by atoms with van der Waals surface area (Å²) in [5.74, 6) is -0.916. The number of phosphoric acid groups is 1. The van der Waals surface area contributed by atoms with E-state index in [4.69, 9.17) is 23.6 Å². The van der Waals surface area contributed by atoms with Crippen LogP contribution in [-0.2, 0) is 32.7 Å². The van der Waals surface area contributed by atoms with Gasteiger partial charge in [0.1, 0.15) is 12.7 Å². The molecular weight excluding hydrogens is 743 g/mol. The van der Waals surface area contributed by atoms with E-state index in [1.54, 1.807) is 0 Å². The summed E-state index contributed by atoms with van der Waals surface area (Å²) in [5.41, 5.74) is 0. The number of allylic oxidation sites excluding steroid dienone is 2. The summed E-state index contributed by atoms with van der Waals surface area (Å²) < 4.78 is 32.8. The maximum atomic E-state index is 12.6. The summed E-state index contributed by atoms with van der Waals surface area (Å²) >= 11 is 0. The van der Waals surface area contributed by atoms with Gasteiger partial charge in [-0.1, -0.05) is 193 Å². The van der Waals surface area contributed by atoms with Crippen molar-refractivity contribution >= 4 is 19.8 Å². The molecule has 0 aliphatic heterocycles. The average molecular weight is 833 g/mol. The molecule has 0 bridgehead atoms. The Morgan fingerprint density at radius 3 is 1.26 bits per heavy atom. The van der Waals surface area contributed by atoms with E-state index < -0.39 is 51.8 Å². The lowest BCUT2D eigenvalue weighted by Crippen LogP contribution is -2.29. The van der Waals surface area contributed by atoms with Crippen molar-refractivity contribution in [1.82, 2.24) is 0 Å². The first-order chi connectivity index (χ1) is 27.7. The first-order valence-electron chi connectivity index (χ1n) is 23.6. The molecule has 0 rings (SSSR count). The molecule has 0 saturated carbocycles. The Balaban J connectivity index is 4.21. The lowest BCUT2D eigenvalue weighted by molar-refractivity contribution is -0.161. The van der Waals surface area contributed by atoms with Crippen molar-refractivity contribution in [1.29, 1.82) is 0 Å². The molecule has 0 amide bonds. The highest BCUT2D eigenvalue weighted by atomic mass is 31.2. The van der Waals surface area contributed by atoms with Gasteiger partial charge >= 0.3 is 19.8 Å². The first-order valence-corrected chi connectivity index (χ1v) is 25.1. The number of esters is 2. The lowest BCUT2D eigenvalue weighted by atomic mass is 10.0. The molecule has 0 aliphatic rings. The fourth-order valence-corrected chi connectivity index (χ4v) is 7.54. The van der Waals surface area contributed by atoms with Crippen LogP contribution < -0.4 is 0 Å². The Labute approximate surface area is 349 Å². The van der Waals surface area contributed by atoms with E-state index >= 15 is 0 Å². The van der Waals surface area contributed by atoms with Crippen LogP contribution in [0.1, 0.15) is 232 Å². The molecule has 0 aromatic rings. The zero-order valence-corrected chi connectivity index (χ0v) is 37.7. The smallest absolute Gasteiger partial charge is 0.462 e. The third-order valence-corrected chi connectivity index (χ3v) is 11.4. The highest BCUT2D eigenvalue weighted by Crippen LogP contribution is 2.43. The quantitative estimate of drug-likeness (QED) is 0.0234. The second kappa shape index (κ2) is 42.8. The van der Waals surface area contributed by atoms with E-state index in [2.05, 4.69) is 26.0 Å². The van der Waals surface area contributed by atoms with Gasteiger partial charge in [0.05, 0.1) is 19.8 Å². The largest absolute Gasteiger partial charge is 0.472 e. The van der Waals surface area contributed by atoms with Crippen molar-refractivity contribution in [2.45, 2.75) is 244 Å². The third-order valence-electron chi connectivity index (χ3n) is 10.4. The van der Waals surface area contributed by atoms with Gasteiger partial charge in [-0.15, -0.1) is 0 Å². The minimum Gasteiger partial charge on any atom is -0.462 e. The Hall–Kier alpha value is -1.29. The van der Waals surface area contributed by atoms with Crippen LogP contribution >= 0.6 is 7.82 Å². The van der Waals surface area contributed by atoms with Crippen LogP contribution in [0.4, 0.5) is 0 Å². The SMILES string of the molecule is CCCCCCCC/C=C\CCCCCCCCCC(=O)OC[C@H](COP(=O)(O)OC[C@@H](O)CO)OC(=O)CCCCCCCCCCCCCCCCCCC. The summed E-state index contributed by atoms with van der Waals surface area (Å²) in [6.45, 7) is 2.41. The first kappa shape index (κ1) is 55.7. The van der Waals surface area contributed by atoms with Gasteiger partial charge in [-0.3, -0.25) is 18.6 Å². The molecule has 0 aromatic heterocycles. The predicted molar refractivity (Wildman–Crippen MR) is 233 cm³/mol. The number of rotatable bonds is 45. The standard InChI is InChI=1S/C46H89O10P/c1-3-5-7-9-11-13-15-17-19-21-23-25-27-29-31-33-35-37-45(49)53-41-44(42-55-57(51,52)54-40-43(48)39-47)56-46(50)38-36-34-32-30-28-26-24-22-20-18-16-14-12-10-8-6-4-2/h17,19,43-44,47-48H,3-16,18,20-42H2,1-2H3,(H,51,52)/b19-17-/t43-,44+/m0/s1. The molecule has 57 heavy (non-hydrogen) atoms. The molecule has 11 heteroatoms. The Kier molecular flexibility index (Phi) is 41.9. The monoisotopic (exact) mass is 833 g/mol. The molecule has 0 saturated heterocycles. The van der Waals surface area contributed by atoms with Gasteiger partial charge in [0, 0.05) is 12.8 Å². The number of carbonyl (C=O) groups excluding carboxylic acids is 2. The van der Waals surface area contributed by atoms with Crippen LogP contribution in [0.25, 0.3) is 0 Å². The van der Waals surface area contributed by atoms with E-state index in [9.17, 15) is 24.2 Å². The summed E-state index contributed by atoms with van der Waals surface area (Å²) in [6.07, 6.45) is 41.7. The molecule has 0 fully saturated rings. The van der Waals surface area contributed by atoms with Crippen molar-refractivity contribution < 1.29 is 47.8 Å². The van der Waals surface area contributed by atoms with E-state index in [0.29, 0.717) is 12.8 Å². The molecule has 3 atom stereocenters. The second-order valence-corrected chi connectivity index (χ2v) is 17.6. The van der Waals surface area contributed by atoms with Crippen LogP contribution in [0.2, 0.25) is 0 Å². The number of unbranched alkanes of at least 4 members (excludes halogenated alkanes) is 29. The predicted octanol–water partition coefficient (Wildman–Crippen LogP) is 12.8. The minimum absolute atomic E-state index is 0.189. The van der Waals surface area contributed by atoms with Crippen molar-refractivity contribution in [3.05, 3.63) is 12.2 Å². The molecule has 1 unspecified atom stereocenters. The zero-order chi connectivity index (χ0) is 41.9. The average Bonchev–Trinajstić information content (AvgIpc) is 3.20. The summed E-state index contributed by atoms with van der Waals surface area (Å²) in [6, 6.07) is 0. The van der Waals surface area contributed by atoms with Gasteiger partial charge in [0.15, 0.2) is 6.10 Å². The molecule has 338 valence electrons. The summed E-state index contributed by atoms with van der Waals surface area (Å²) in [7, 11) is -4.61. The van der Waals surface area contributed by atoms with Crippen LogP contribution in [0, 0.1) is 0 Å². The fraction of sp³-hybridized carbons (Fsp3) is 0.913. The number of ether oxygens (including phenoxy) is 2. The minimum atomic E-state index is -4.61. The number of phosphoric ester groups is 1. The third kappa shape index (κ3) is 42.6. The van der Waals surface area contributed by atoms with Gasteiger partial charge in [0.2, 0.25) is 0 Å². The second-order valence-electron chi connectivity index (χ2n) is 16.1. The highest BCUT2D eigenvalue weighted by molar-refractivity contribution is 7.47. The van der Waals surface area contributed by atoms with Crippen molar-refractivity contribution in [3.63, 3.8) is 0 Å². The normalized spacial score (nSPS) is 13.8. The topological polar surface area (TPSA) is 149 Å². The number of carbonyl (C=O) groups is 2. The van der Waals surface area contributed by atoms with E-state index in [1.165, 1.54) is 148 Å². The van der Waals surface area contributed by atoms with Gasteiger partial charge in [0.25, 0.3) is 0 Å². The van der Waals surface area contributed by atoms with Crippen LogP contribution in [0.5, 0.6) is 0 Å². The van der Waals surface area contributed by atoms with Crippen molar-refractivity contribution in [3.8, 4) is 0 Å². The maximum absolute atomic E-state index is 12.6. The van der Waals surface area contributed by atoms with Gasteiger partial charge in [-0.05, 0) is 38.5 Å². The van der Waals surface area contributed by atoms with Gasteiger partial charge in [-0.2, -0.15) is 0 Å². The number of hydrogen-bond donors (Lipinski definition) is 3. The summed E-state index contributed by atoms with van der Waals surface area (Å²) in [5, 5.41) is 18.4. The van der Waals surface area contributed by atoms with Crippen molar-refractivity contribution in [2.24, 2.45) is 0 Å².